The zero-order valence-corrected chi connectivity index (χ0v) is 14.0. The van der Waals surface area contributed by atoms with Crippen LogP contribution in [0.15, 0.2) is 28.6 Å². The zero-order chi connectivity index (χ0) is 14.9. The van der Waals surface area contributed by atoms with E-state index in [2.05, 4.69) is 31.0 Å². The van der Waals surface area contributed by atoms with Crippen molar-refractivity contribution in [2.75, 3.05) is 12.4 Å². The second-order valence-electron chi connectivity index (χ2n) is 6.25. The number of aliphatic hydroxyl groups excluding tert-OH is 1. The molecule has 3 nitrogen and oxygen atoms in total. The van der Waals surface area contributed by atoms with E-state index < -0.39 is 0 Å². The van der Waals surface area contributed by atoms with E-state index >= 15 is 0 Å². The molecule has 1 saturated heterocycles. The van der Waals surface area contributed by atoms with Crippen LogP contribution in [0.2, 0.25) is 0 Å². The van der Waals surface area contributed by atoms with Crippen molar-refractivity contribution in [2.45, 2.75) is 42.7 Å². The number of aromatic nitrogens is 1. The van der Waals surface area contributed by atoms with Crippen molar-refractivity contribution >= 4 is 33.3 Å². The molecule has 5 heteroatoms. The van der Waals surface area contributed by atoms with E-state index in [1.165, 1.54) is 4.70 Å². The van der Waals surface area contributed by atoms with Crippen LogP contribution in [-0.2, 0) is 4.74 Å². The topological polar surface area (TPSA) is 42.4 Å². The molecule has 21 heavy (non-hydrogen) atoms. The van der Waals surface area contributed by atoms with Crippen molar-refractivity contribution in [3.05, 3.63) is 24.3 Å². The van der Waals surface area contributed by atoms with Gasteiger partial charge in [-0.2, -0.15) is 0 Å². The SMILES string of the molecule is CC1(C)CC(CO)CC(CSc2nc3ccccc3s2)O1. The van der Waals surface area contributed by atoms with E-state index in [-0.39, 0.29) is 18.3 Å². The first kappa shape index (κ1) is 15.3. The first-order chi connectivity index (χ1) is 10.1. The number of nitrogens with zero attached hydrogens (tertiary/aromatic N) is 1. The molecule has 1 N–H and O–H groups in total. The van der Waals surface area contributed by atoms with Gasteiger partial charge in [-0.1, -0.05) is 23.9 Å². The lowest BCUT2D eigenvalue weighted by Crippen LogP contribution is -2.41. The molecule has 3 rings (SSSR count). The molecule has 2 aromatic rings. The number of thioether (sulfide) groups is 1. The fraction of sp³-hybridized carbons (Fsp3) is 0.562. The van der Waals surface area contributed by atoms with Gasteiger partial charge in [-0.15, -0.1) is 11.3 Å². The maximum atomic E-state index is 9.45. The molecule has 0 spiro atoms. The van der Waals surface area contributed by atoms with Gasteiger partial charge < -0.3 is 9.84 Å². The fourth-order valence-electron chi connectivity index (χ4n) is 3.02. The van der Waals surface area contributed by atoms with Crippen LogP contribution in [0.1, 0.15) is 26.7 Å². The molecule has 2 heterocycles. The van der Waals surface area contributed by atoms with E-state index in [0.29, 0.717) is 5.92 Å². The van der Waals surface area contributed by atoms with Crippen LogP contribution >= 0.6 is 23.1 Å². The Kier molecular flexibility index (Phi) is 4.54. The molecule has 1 aromatic heterocycles. The summed E-state index contributed by atoms with van der Waals surface area (Å²) in [4.78, 5) is 4.65. The third-order valence-corrected chi connectivity index (χ3v) is 6.10. The average Bonchev–Trinajstić information content (AvgIpc) is 2.86. The highest BCUT2D eigenvalue weighted by molar-refractivity contribution is 8.01. The molecule has 1 aromatic carbocycles. The largest absolute Gasteiger partial charge is 0.396 e. The Morgan fingerprint density at radius 2 is 2.24 bits per heavy atom. The Hall–Kier alpha value is -0.620. The van der Waals surface area contributed by atoms with Crippen molar-refractivity contribution in [3.63, 3.8) is 0 Å². The van der Waals surface area contributed by atoms with Gasteiger partial charge in [0.1, 0.15) is 0 Å². The summed E-state index contributed by atoms with van der Waals surface area (Å²) in [6.45, 7) is 4.49. The average molecular weight is 323 g/mol. The molecule has 0 bridgehead atoms. The molecule has 114 valence electrons. The van der Waals surface area contributed by atoms with Crippen molar-refractivity contribution in [2.24, 2.45) is 5.92 Å². The minimum atomic E-state index is -0.134. The van der Waals surface area contributed by atoms with Gasteiger partial charge in [0.2, 0.25) is 0 Å². The number of rotatable bonds is 4. The third kappa shape index (κ3) is 3.77. The molecular weight excluding hydrogens is 302 g/mol. The Morgan fingerprint density at radius 1 is 1.43 bits per heavy atom. The first-order valence-electron chi connectivity index (χ1n) is 7.33. The number of aliphatic hydroxyl groups is 1. The van der Waals surface area contributed by atoms with E-state index in [9.17, 15) is 5.11 Å². The van der Waals surface area contributed by atoms with Gasteiger partial charge in [-0.3, -0.25) is 0 Å². The highest BCUT2D eigenvalue weighted by Crippen LogP contribution is 2.36. The number of para-hydroxylation sites is 1. The molecule has 0 saturated carbocycles. The molecule has 0 aliphatic carbocycles. The van der Waals surface area contributed by atoms with E-state index in [4.69, 9.17) is 4.74 Å². The fourth-order valence-corrected chi connectivity index (χ4v) is 5.12. The summed E-state index contributed by atoms with van der Waals surface area (Å²) in [6.07, 6.45) is 2.08. The maximum absolute atomic E-state index is 9.45. The third-order valence-electron chi connectivity index (χ3n) is 3.79. The van der Waals surface area contributed by atoms with Crippen molar-refractivity contribution in [3.8, 4) is 0 Å². The second-order valence-corrected chi connectivity index (χ2v) is 8.54. The van der Waals surface area contributed by atoms with Gasteiger partial charge in [-0.25, -0.2) is 4.98 Å². The normalized spacial score (nSPS) is 25.3. The highest BCUT2D eigenvalue weighted by atomic mass is 32.2. The summed E-state index contributed by atoms with van der Waals surface area (Å²) >= 11 is 3.51. The van der Waals surface area contributed by atoms with Crippen LogP contribution in [0.5, 0.6) is 0 Å². The van der Waals surface area contributed by atoms with Gasteiger partial charge in [0.05, 0.1) is 21.9 Å². The van der Waals surface area contributed by atoms with Crippen LogP contribution in [-0.4, -0.2) is 34.2 Å². The predicted octanol–water partition coefficient (Wildman–Crippen LogP) is 3.95. The number of ether oxygens (including phenoxy) is 1. The Morgan fingerprint density at radius 3 is 3.00 bits per heavy atom. The summed E-state index contributed by atoms with van der Waals surface area (Å²) in [6, 6.07) is 8.24. The number of thiazole rings is 1. The molecule has 1 aliphatic rings. The molecular formula is C16H21NO2S2. The first-order valence-corrected chi connectivity index (χ1v) is 9.13. The van der Waals surface area contributed by atoms with Gasteiger partial charge in [-0.05, 0) is 44.7 Å². The van der Waals surface area contributed by atoms with Crippen LogP contribution in [0, 0.1) is 5.92 Å². The molecule has 0 amide bonds. The van der Waals surface area contributed by atoms with Crippen LogP contribution in [0.25, 0.3) is 10.2 Å². The van der Waals surface area contributed by atoms with Crippen LogP contribution in [0.3, 0.4) is 0 Å². The lowest BCUT2D eigenvalue weighted by Gasteiger charge is -2.40. The smallest absolute Gasteiger partial charge is 0.151 e. The number of hydrogen-bond acceptors (Lipinski definition) is 5. The summed E-state index contributed by atoms with van der Waals surface area (Å²) in [5, 5.41) is 9.45. The molecule has 2 atom stereocenters. The molecule has 0 radical (unpaired) electrons. The van der Waals surface area contributed by atoms with Crippen molar-refractivity contribution < 1.29 is 9.84 Å². The van der Waals surface area contributed by atoms with Gasteiger partial charge in [0.15, 0.2) is 4.34 Å². The van der Waals surface area contributed by atoms with Crippen LogP contribution in [0.4, 0.5) is 0 Å². The van der Waals surface area contributed by atoms with E-state index in [1.807, 2.05) is 12.1 Å². The summed E-state index contributed by atoms with van der Waals surface area (Å²) in [5.74, 6) is 1.26. The number of benzene rings is 1. The molecule has 2 unspecified atom stereocenters. The van der Waals surface area contributed by atoms with E-state index in [1.54, 1.807) is 23.1 Å². The van der Waals surface area contributed by atoms with Gasteiger partial charge in [0, 0.05) is 12.4 Å². The van der Waals surface area contributed by atoms with Gasteiger partial charge in [0.25, 0.3) is 0 Å². The Balaban J connectivity index is 1.63. The Bertz CT molecular complexity index is 578. The predicted molar refractivity (Wildman–Crippen MR) is 89.1 cm³/mol. The number of hydrogen-bond donors (Lipinski definition) is 1. The highest BCUT2D eigenvalue weighted by Gasteiger charge is 2.34. The van der Waals surface area contributed by atoms with Crippen LogP contribution < -0.4 is 0 Å². The quantitative estimate of drug-likeness (QED) is 0.865. The second kappa shape index (κ2) is 6.24. The monoisotopic (exact) mass is 323 g/mol. The van der Waals surface area contributed by atoms with Crippen molar-refractivity contribution in [1.82, 2.24) is 4.98 Å². The standard InChI is InChI=1S/C16H21NO2S2/c1-16(2)8-11(9-18)7-12(19-16)10-20-15-17-13-5-3-4-6-14(13)21-15/h3-6,11-12,18H,7-10H2,1-2H3. The Labute approximate surface area is 133 Å². The molecule has 1 fully saturated rings. The summed E-state index contributed by atoms with van der Waals surface area (Å²) < 4.78 is 8.48. The number of fused-ring (bicyclic) bond motifs is 1. The van der Waals surface area contributed by atoms with Crippen molar-refractivity contribution in [1.29, 1.82) is 0 Å². The zero-order valence-electron chi connectivity index (χ0n) is 12.4. The summed E-state index contributed by atoms with van der Waals surface area (Å²) in [5.41, 5.74) is 0.938. The minimum absolute atomic E-state index is 0.134. The maximum Gasteiger partial charge on any atom is 0.151 e. The minimum Gasteiger partial charge on any atom is -0.396 e. The lowest BCUT2D eigenvalue weighted by molar-refractivity contribution is -0.121. The summed E-state index contributed by atoms with van der Waals surface area (Å²) in [7, 11) is 0. The molecule has 1 aliphatic heterocycles. The van der Waals surface area contributed by atoms with Gasteiger partial charge >= 0.3 is 0 Å². The van der Waals surface area contributed by atoms with E-state index in [0.717, 1.165) is 28.5 Å². The lowest BCUT2D eigenvalue weighted by atomic mass is 9.86.